The number of rotatable bonds is 6. The molecule has 0 atom stereocenters. The van der Waals surface area contributed by atoms with E-state index in [0.29, 0.717) is 33.4 Å². The molecule has 198 valence electrons. The average Bonchev–Trinajstić information content (AvgIpc) is 3.30. The van der Waals surface area contributed by atoms with Crippen LogP contribution >= 0.6 is 11.6 Å². The second-order valence-electron chi connectivity index (χ2n) is 10.3. The molecule has 4 aromatic rings. The Kier molecular flexibility index (Phi) is 7.06. The molecule has 0 saturated carbocycles. The standard InChI is InChI=1S/C32H29ClN2O4/c1-19-26(16-30(39-19)20-8-11-23(33)12-9-20)31(37)34-24-7-5-6-21(14-24)29(36)17-28-27-15-25(38-4)13-10-22(27)18-32(2,3)35-28/h5-17,35H,18H2,1-4H3,(H,34,37)/b28-17-. The summed E-state index contributed by atoms with van der Waals surface area (Å²) >= 11 is 5.98. The van der Waals surface area contributed by atoms with Gasteiger partial charge >= 0.3 is 0 Å². The number of carbonyl (C=O) groups is 2. The van der Waals surface area contributed by atoms with E-state index in [1.54, 1.807) is 62.6 Å². The second-order valence-corrected chi connectivity index (χ2v) is 10.7. The van der Waals surface area contributed by atoms with E-state index in [9.17, 15) is 9.59 Å². The van der Waals surface area contributed by atoms with Crippen molar-refractivity contribution in [2.75, 3.05) is 12.4 Å². The maximum atomic E-state index is 13.3. The largest absolute Gasteiger partial charge is 0.497 e. The minimum absolute atomic E-state index is 0.176. The highest BCUT2D eigenvalue weighted by molar-refractivity contribution is 6.30. The molecular weight excluding hydrogens is 512 g/mol. The summed E-state index contributed by atoms with van der Waals surface area (Å²) in [7, 11) is 1.62. The Morgan fingerprint density at radius 3 is 2.56 bits per heavy atom. The molecule has 39 heavy (non-hydrogen) atoms. The third kappa shape index (κ3) is 5.76. The van der Waals surface area contributed by atoms with Gasteiger partial charge in [0.15, 0.2) is 5.78 Å². The molecule has 0 bridgehead atoms. The monoisotopic (exact) mass is 540 g/mol. The molecule has 0 radical (unpaired) electrons. The van der Waals surface area contributed by atoms with E-state index in [0.717, 1.165) is 34.6 Å². The van der Waals surface area contributed by atoms with Crippen molar-refractivity contribution in [1.82, 2.24) is 5.32 Å². The molecule has 0 spiro atoms. The highest BCUT2D eigenvalue weighted by atomic mass is 35.5. The van der Waals surface area contributed by atoms with Gasteiger partial charge in [0, 0.05) is 44.7 Å². The van der Waals surface area contributed by atoms with Gasteiger partial charge in [-0.05, 0) is 87.4 Å². The highest BCUT2D eigenvalue weighted by Crippen LogP contribution is 2.33. The third-order valence-electron chi connectivity index (χ3n) is 6.68. The number of fused-ring (bicyclic) bond motifs is 1. The van der Waals surface area contributed by atoms with Crippen molar-refractivity contribution in [1.29, 1.82) is 0 Å². The van der Waals surface area contributed by atoms with Crippen LogP contribution in [-0.4, -0.2) is 24.3 Å². The molecule has 0 saturated heterocycles. The van der Waals surface area contributed by atoms with Gasteiger partial charge in [0.05, 0.1) is 12.7 Å². The number of ketones is 1. The number of nitrogens with one attached hydrogen (secondary N) is 2. The van der Waals surface area contributed by atoms with Gasteiger partial charge in [-0.15, -0.1) is 0 Å². The first-order chi connectivity index (χ1) is 18.6. The smallest absolute Gasteiger partial charge is 0.259 e. The SMILES string of the molecule is COc1ccc2c(c1)/C(=C/C(=O)c1cccc(NC(=O)c3cc(-c4ccc(Cl)cc4)oc3C)c1)NC(C)(C)C2. The first-order valence-electron chi connectivity index (χ1n) is 12.6. The lowest BCUT2D eigenvalue weighted by molar-refractivity contribution is 0.102. The quantitative estimate of drug-likeness (QED) is 0.198. The van der Waals surface area contributed by atoms with Crippen molar-refractivity contribution in [3.63, 3.8) is 0 Å². The van der Waals surface area contributed by atoms with Gasteiger partial charge in [0.25, 0.3) is 5.91 Å². The van der Waals surface area contributed by atoms with Gasteiger partial charge in [-0.1, -0.05) is 29.8 Å². The summed E-state index contributed by atoms with van der Waals surface area (Å²) in [5.74, 6) is 1.30. The number of halogens is 1. The van der Waals surface area contributed by atoms with Gasteiger partial charge in [-0.2, -0.15) is 0 Å². The maximum Gasteiger partial charge on any atom is 0.259 e. The van der Waals surface area contributed by atoms with Crippen molar-refractivity contribution in [2.45, 2.75) is 32.7 Å². The fourth-order valence-electron chi connectivity index (χ4n) is 4.78. The number of aryl methyl sites for hydroxylation is 1. The second kappa shape index (κ2) is 10.5. The number of ether oxygens (including phenoxy) is 1. The molecule has 6 nitrogen and oxygen atoms in total. The Hall–Kier alpha value is -4.29. The van der Waals surface area contributed by atoms with Crippen LogP contribution in [0.2, 0.25) is 5.02 Å². The summed E-state index contributed by atoms with van der Waals surface area (Å²) in [6.45, 7) is 5.95. The summed E-state index contributed by atoms with van der Waals surface area (Å²) in [5.41, 5.74) is 4.82. The zero-order valence-electron chi connectivity index (χ0n) is 22.2. The number of hydrogen-bond donors (Lipinski definition) is 2. The summed E-state index contributed by atoms with van der Waals surface area (Å²) in [6, 6.07) is 21.7. The van der Waals surface area contributed by atoms with Crippen molar-refractivity contribution < 1.29 is 18.7 Å². The van der Waals surface area contributed by atoms with E-state index in [1.807, 2.05) is 30.3 Å². The number of benzene rings is 3. The van der Waals surface area contributed by atoms with Crippen LogP contribution in [0.25, 0.3) is 17.0 Å². The number of anilines is 1. The van der Waals surface area contributed by atoms with Crippen LogP contribution in [-0.2, 0) is 6.42 Å². The normalized spacial score (nSPS) is 14.8. The van der Waals surface area contributed by atoms with Crippen LogP contribution in [0.4, 0.5) is 5.69 Å². The number of methoxy groups -OCH3 is 1. The van der Waals surface area contributed by atoms with E-state index in [-0.39, 0.29) is 17.2 Å². The summed E-state index contributed by atoms with van der Waals surface area (Å²) in [5, 5.41) is 7.00. The third-order valence-corrected chi connectivity index (χ3v) is 6.94. The zero-order valence-corrected chi connectivity index (χ0v) is 23.0. The van der Waals surface area contributed by atoms with Gasteiger partial charge < -0.3 is 19.8 Å². The fraction of sp³-hybridized carbons (Fsp3) is 0.188. The number of furan rings is 1. The molecule has 1 aromatic heterocycles. The number of amides is 1. The molecule has 1 aliphatic rings. The van der Waals surface area contributed by atoms with Gasteiger partial charge in [-0.3, -0.25) is 9.59 Å². The maximum absolute atomic E-state index is 13.3. The molecule has 2 heterocycles. The molecule has 7 heteroatoms. The molecule has 1 aliphatic heterocycles. The Balaban J connectivity index is 1.38. The first-order valence-corrected chi connectivity index (χ1v) is 13.0. The molecule has 0 fully saturated rings. The molecule has 0 aliphatic carbocycles. The average molecular weight is 541 g/mol. The number of hydrogen-bond acceptors (Lipinski definition) is 5. The molecule has 0 unspecified atom stereocenters. The molecule has 2 N–H and O–H groups in total. The number of carbonyl (C=O) groups excluding carboxylic acids is 2. The van der Waals surface area contributed by atoms with E-state index in [2.05, 4.69) is 24.5 Å². The van der Waals surface area contributed by atoms with E-state index >= 15 is 0 Å². The van der Waals surface area contributed by atoms with Crippen LogP contribution in [0.3, 0.4) is 0 Å². The van der Waals surface area contributed by atoms with E-state index in [4.69, 9.17) is 20.8 Å². The zero-order chi connectivity index (χ0) is 27.7. The van der Waals surface area contributed by atoms with E-state index < -0.39 is 0 Å². The van der Waals surface area contributed by atoms with Gasteiger partial charge in [0.2, 0.25) is 0 Å². The predicted octanol–water partition coefficient (Wildman–Crippen LogP) is 7.32. The number of allylic oxidation sites excluding steroid dienone is 1. The van der Waals surface area contributed by atoms with Gasteiger partial charge in [0.1, 0.15) is 17.3 Å². The Labute approximate surface area is 232 Å². The van der Waals surface area contributed by atoms with Crippen LogP contribution in [0.5, 0.6) is 5.75 Å². The van der Waals surface area contributed by atoms with E-state index in [1.165, 1.54) is 0 Å². The molecule has 1 amide bonds. The van der Waals surface area contributed by atoms with Crippen molar-refractivity contribution in [2.24, 2.45) is 0 Å². The molecular formula is C32H29ClN2O4. The summed E-state index contributed by atoms with van der Waals surface area (Å²) < 4.78 is 11.2. The predicted molar refractivity (Wildman–Crippen MR) is 155 cm³/mol. The van der Waals surface area contributed by atoms with Crippen LogP contribution < -0.4 is 15.4 Å². The summed E-state index contributed by atoms with van der Waals surface area (Å²) in [6.07, 6.45) is 2.44. The highest BCUT2D eigenvalue weighted by Gasteiger charge is 2.28. The minimum atomic E-state index is -0.323. The lowest BCUT2D eigenvalue weighted by Crippen LogP contribution is -2.43. The van der Waals surface area contributed by atoms with Crippen molar-refractivity contribution in [3.8, 4) is 17.1 Å². The van der Waals surface area contributed by atoms with Crippen molar-refractivity contribution >= 4 is 34.7 Å². The first kappa shape index (κ1) is 26.3. The Morgan fingerprint density at radius 2 is 1.82 bits per heavy atom. The molecule has 3 aromatic carbocycles. The minimum Gasteiger partial charge on any atom is -0.497 e. The van der Waals surface area contributed by atoms with Crippen LogP contribution in [0.1, 0.15) is 51.5 Å². The Bertz CT molecular complexity index is 1600. The van der Waals surface area contributed by atoms with Crippen LogP contribution in [0, 0.1) is 6.92 Å². The van der Waals surface area contributed by atoms with Crippen LogP contribution in [0.15, 0.2) is 83.3 Å². The summed E-state index contributed by atoms with van der Waals surface area (Å²) in [4.78, 5) is 26.4. The Morgan fingerprint density at radius 1 is 1.05 bits per heavy atom. The fourth-order valence-corrected chi connectivity index (χ4v) is 4.91. The lowest BCUT2D eigenvalue weighted by atomic mass is 9.85. The molecule has 5 rings (SSSR count). The van der Waals surface area contributed by atoms with Crippen molar-refractivity contribution in [3.05, 3.63) is 112 Å². The van der Waals surface area contributed by atoms with Gasteiger partial charge in [-0.25, -0.2) is 0 Å². The topological polar surface area (TPSA) is 80.6 Å². The lowest BCUT2D eigenvalue weighted by Gasteiger charge is -2.35.